The monoisotopic (exact) mass is 221 g/mol. The van der Waals surface area contributed by atoms with Gasteiger partial charge in [-0.1, -0.05) is 32.4 Å². The van der Waals surface area contributed by atoms with Crippen LogP contribution < -0.4 is 16.8 Å². The van der Waals surface area contributed by atoms with Gasteiger partial charge in [0.05, 0.1) is 17.4 Å². The zero-order valence-corrected chi connectivity index (χ0v) is 9.73. The molecule has 0 aliphatic heterocycles. The lowest BCUT2D eigenvalue weighted by molar-refractivity contribution is -0.118. The highest BCUT2D eigenvalue weighted by atomic mass is 16.2. The smallest absolute Gasteiger partial charge is 0.241 e. The van der Waals surface area contributed by atoms with Gasteiger partial charge in [0.25, 0.3) is 0 Å². The minimum atomic E-state index is -0.496. The van der Waals surface area contributed by atoms with E-state index in [1.165, 1.54) is 0 Å². The van der Waals surface area contributed by atoms with Crippen LogP contribution in [-0.2, 0) is 4.79 Å². The third-order valence-corrected chi connectivity index (χ3v) is 2.78. The van der Waals surface area contributed by atoms with Gasteiger partial charge in [-0.15, -0.1) is 0 Å². The predicted molar refractivity (Wildman–Crippen MR) is 66.9 cm³/mol. The summed E-state index contributed by atoms with van der Waals surface area (Å²) in [5, 5.41) is 2.74. The Morgan fingerprint density at radius 1 is 1.44 bits per heavy atom. The van der Waals surface area contributed by atoms with Crippen molar-refractivity contribution in [2.24, 2.45) is 11.7 Å². The number of benzene rings is 1. The van der Waals surface area contributed by atoms with Crippen LogP contribution in [0.25, 0.3) is 0 Å². The number of amides is 1. The Hall–Kier alpha value is -1.55. The molecule has 16 heavy (non-hydrogen) atoms. The Morgan fingerprint density at radius 3 is 2.62 bits per heavy atom. The van der Waals surface area contributed by atoms with Crippen LogP contribution in [0, 0.1) is 5.92 Å². The van der Waals surface area contributed by atoms with E-state index in [1.54, 1.807) is 12.1 Å². The highest BCUT2D eigenvalue weighted by Gasteiger charge is 2.19. The molecule has 0 spiro atoms. The Labute approximate surface area is 96.0 Å². The molecule has 1 aromatic rings. The molecule has 0 aromatic heterocycles. The highest BCUT2D eigenvalue weighted by Crippen LogP contribution is 2.17. The van der Waals surface area contributed by atoms with E-state index < -0.39 is 6.04 Å². The summed E-state index contributed by atoms with van der Waals surface area (Å²) in [6, 6.07) is 6.64. The Morgan fingerprint density at radius 2 is 2.06 bits per heavy atom. The van der Waals surface area contributed by atoms with E-state index in [4.69, 9.17) is 11.5 Å². The SMILES string of the molecule is CC[C@H](C)[C@H](N)C(=O)Nc1ccccc1N. The molecule has 1 aromatic carbocycles. The molecule has 1 amide bonds. The molecule has 4 heteroatoms. The third-order valence-electron chi connectivity index (χ3n) is 2.78. The number of hydrogen-bond acceptors (Lipinski definition) is 3. The second-order valence-electron chi connectivity index (χ2n) is 3.99. The van der Waals surface area contributed by atoms with Gasteiger partial charge >= 0.3 is 0 Å². The summed E-state index contributed by atoms with van der Waals surface area (Å²) in [7, 11) is 0. The van der Waals surface area contributed by atoms with E-state index in [0.717, 1.165) is 6.42 Å². The van der Waals surface area contributed by atoms with Crippen LogP contribution in [0.2, 0.25) is 0 Å². The number of nitrogens with two attached hydrogens (primary N) is 2. The number of carbonyl (C=O) groups is 1. The second-order valence-corrected chi connectivity index (χ2v) is 3.99. The molecule has 5 N–H and O–H groups in total. The van der Waals surface area contributed by atoms with Crippen LogP contribution in [0.1, 0.15) is 20.3 Å². The van der Waals surface area contributed by atoms with E-state index in [9.17, 15) is 4.79 Å². The summed E-state index contributed by atoms with van der Waals surface area (Å²) >= 11 is 0. The lowest BCUT2D eigenvalue weighted by Crippen LogP contribution is -2.40. The average Bonchev–Trinajstić information content (AvgIpc) is 2.30. The van der Waals surface area contributed by atoms with Crippen molar-refractivity contribution < 1.29 is 4.79 Å². The molecule has 1 rings (SSSR count). The number of carbonyl (C=O) groups excluding carboxylic acids is 1. The normalized spacial score (nSPS) is 14.2. The van der Waals surface area contributed by atoms with Crippen molar-refractivity contribution in [3.05, 3.63) is 24.3 Å². The first-order chi connectivity index (χ1) is 7.56. The topological polar surface area (TPSA) is 81.1 Å². The molecule has 0 aliphatic rings. The van der Waals surface area contributed by atoms with E-state index in [2.05, 4.69) is 5.32 Å². The van der Waals surface area contributed by atoms with Crippen molar-refractivity contribution in [3.63, 3.8) is 0 Å². The predicted octanol–water partition coefficient (Wildman–Crippen LogP) is 1.58. The lowest BCUT2D eigenvalue weighted by atomic mass is 9.99. The minimum Gasteiger partial charge on any atom is -0.397 e. The summed E-state index contributed by atoms with van der Waals surface area (Å²) in [6.45, 7) is 3.97. The van der Waals surface area contributed by atoms with Crippen LogP contribution in [0.15, 0.2) is 24.3 Å². The van der Waals surface area contributed by atoms with Crippen molar-refractivity contribution >= 4 is 17.3 Å². The van der Waals surface area contributed by atoms with Crippen LogP contribution in [0.3, 0.4) is 0 Å². The third kappa shape index (κ3) is 2.97. The molecule has 2 atom stereocenters. The van der Waals surface area contributed by atoms with Gasteiger partial charge in [0.15, 0.2) is 0 Å². The van der Waals surface area contributed by atoms with Crippen molar-refractivity contribution in [2.45, 2.75) is 26.3 Å². The van der Waals surface area contributed by atoms with Crippen molar-refractivity contribution in [1.29, 1.82) is 0 Å². The maximum atomic E-state index is 11.8. The van der Waals surface area contributed by atoms with Crippen molar-refractivity contribution in [2.75, 3.05) is 11.1 Å². The number of nitrogens with one attached hydrogen (secondary N) is 1. The van der Waals surface area contributed by atoms with Gasteiger partial charge in [-0.05, 0) is 18.1 Å². The number of nitrogen functional groups attached to an aromatic ring is 1. The van der Waals surface area contributed by atoms with Gasteiger partial charge in [-0.3, -0.25) is 4.79 Å². The maximum Gasteiger partial charge on any atom is 0.241 e. The van der Waals surface area contributed by atoms with Crippen LogP contribution in [0.5, 0.6) is 0 Å². The molecule has 0 radical (unpaired) electrons. The van der Waals surface area contributed by atoms with Gasteiger partial charge in [0.2, 0.25) is 5.91 Å². The van der Waals surface area contributed by atoms with Crippen LogP contribution in [-0.4, -0.2) is 11.9 Å². The Kier molecular flexibility index (Phi) is 4.31. The quantitative estimate of drug-likeness (QED) is 0.675. The number of para-hydroxylation sites is 2. The Balaban J connectivity index is 2.68. The molecule has 0 heterocycles. The second kappa shape index (κ2) is 5.51. The molecule has 88 valence electrons. The number of hydrogen-bond donors (Lipinski definition) is 3. The molecule has 0 fully saturated rings. The summed E-state index contributed by atoms with van der Waals surface area (Å²) in [5.41, 5.74) is 12.7. The van der Waals surface area contributed by atoms with Crippen molar-refractivity contribution in [1.82, 2.24) is 0 Å². The molecule has 0 unspecified atom stereocenters. The highest BCUT2D eigenvalue weighted by molar-refractivity contribution is 5.97. The molecular formula is C12H19N3O. The zero-order chi connectivity index (χ0) is 12.1. The fourth-order valence-electron chi connectivity index (χ4n) is 1.34. The fraction of sp³-hybridized carbons (Fsp3) is 0.417. The summed E-state index contributed by atoms with van der Waals surface area (Å²) in [4.78, 5) is 11.8. The largest absolute Gasteiger partial charge is 0.397 e. The first kappa shape index (κ1) is 12.5. The van der Waals surface area contributed by atoms with Gasteiger partial charge < -0.3 is 16.8 Å². The Bertz CT molecular complexity index is 365. The number of anilines is 2. The average molecular weight is 221 g/mol. The minimum absolute atomic E-state index is 0.157. The van der Waals surface area contributed by atoms with Gasteiger partial charge in [-0.25, -0.2) is 0 Å². The molecule has 4 nitrogen and oxygen atoms in total. The van der Waals surface area contributed by atoms with E-state index in [1.807, 2.05) is 26.0 Å². The fourth-order valence-corrected chi connectivity index (χ4v) is 1.34. The summed E-state index contributed by atoms with van der Waals surface area (Å²) in [5.74, 6) is -0.0304. The number of rotatable bonds is 4. The maximum absolute atomic E-state index is 11.8. The van der Waals surface area contributed by atoms with E-state index >= 15 is 0 Å². The van der Waals surface area contributed by atoms with Crippen molar-refractivity contribution in [3.8, 4) is 0 Å². The molecule has 0 bridgehead atoms. The summed E-state index contributed by atoms with van der Waals surface area (Å²) in [6.07, 6.45) is 0.874. The van der Waals surface area contributed by atoms with Gasteiger partial charge in [-0.2, -0.15) is 0 Å². The first-order valence-corrected chi connectivity index (χ1v) is 5.47. The molecular weight excluding hydrogens is 202 g/mol. The first-order valence-electron chi connectivity index (χ1n) is 5.47. The molecule has 0 aliphatic carbocycles. The zero-order valence-electron chi connectivity index (χ0n) is 9.73. The molecule has 0 saturated heterocycles. The van der Waals surface area contributed by atoms with E-state index in [0.29, 0.717) is 11.4 Å². The van der Waals surface area contributed by atoms with Gasteiger partial charge in [0, 0.05) is 0 Å². The van der Waals surface area contributed by atoms with Gasteiger partial charge in [0.1, 0.15) is 0 Å². The lowest BCUT2D eigenvalue weighted by Gasteiger charge is -2.18. The van der Waals surface area contributed by atoms with Crippen LogP contribution in [0.4, 0.5) is 11.4 Å². The van der Waals surface area contributed by atoms with E-state index in [-0.39, 0.29) is 11.8 Å². The summed E-state index contributed by atoms with van der Waals surface area (Å²) < 4.78 is 0. The molecule has 0 saturated carbocycles. The van der Waals surface area contributed by atoms with Crippen LogP contribution >= 0.6 is 0 Å². The standard InChI is InChI=1S/C12H19N3O/c1-3-8(2)11(14)12(16)15-10-7-5-4-6-9(10)13/h4-8,11H,3,13-14H2,1-2H3,(H,15,16)/t8-,11-/m0/s1.